The molecule has 2 N–H and O–H groups in total. The molecule has 0 unspecified atom stereocenters. The molecule has 1 saturated heterocycles. The van der Waals surface area contributed by atoms with E-state index in [0.29, 0.717) is 17.8 Å². The normalized spacial score (nSPS) is 22.4. The van der Waals surface area contributed by atoms with Crippen LogP contribution in [0.1, 0.15) is 53.6 Å². The predicted octanol–water partition coefficient (Wildman–Crippen LogP) is 2.22. The molecule has 0 radical (unpaired) electrons. The van der Waals surface area contributed by atoms with E-state index in [2.05, 4.69) is 0 Å². The van der Waals surface area contributed by atoms with Crippen LogP contribution in [0.15, 0.2) is 48.5 Å². The predicted molar refractivity (Wildman–Crippen MR) is 112 cm³/mol. The minimum atomic E-state index is -1.80. The molecule has 5 heteroatoms. The lowest BCUT2D eigenvalue weighted by Crippen LogP contribution is -3.13. The lowest BCUT2D eigenvalue weighted by molar-refractivity contribution is -0.898. The number of Topliss-reactive ketones (excluding diaryl/α,β-unsaturated/α-hetero) is 1. The van der Waals surface area contributed by atoms with Crippen LogP contribution in [0.3, 0.4) is 0 Å². The standard InChI is InChI=1S/C24H28N2O3/c1-18-10-12-19(13-11-18)22(27)16-24(29)20-8-4-5-9-21(20)26(23(24)28)17-25-14-6-2-3-7-15-25/h4-5,8-13,29H,2-3,6-7,14-17H2,1H3/p+1/t24-/m1/s1. The van der Waals surface area contributed by atoms with Crippen LogP contribution in [0.2, 0.25) is 0 Å². The van der Waals surface area contributed by atoms with E-state index in [1.807, 2.05) is 37.3 Å². The van der Waals surface area contributed by atoms with Gasteiger partial charge in [-0.1, -0.05) is 48.0 Å². The summed E-state index contributed by atoms with van der Waals surface area (Å²) in [6.07, 6.45) is 4.56. The van der Waals surface area contributed by atoms with E-state index in [1.165, 1.54) is 17.7 Å². The molecule has 0 bridgehead atoms. The van der Waals surface area contributed by atoms with E-state index in [4.69, 9.17) is 0 Å². The van der Waals surface area contributed by atoms with Gasteiger partial charge in [0.15, 0.2) is 18.1 Å². The number of carbonyl (C=O) groups excluding carboxylic acids is 2. The van der Waals surface area contributed by atoms with E-state index in [0.717, 1.165) is 37.2 Å². The Morgan fingerprint density at radius 1 is 1.03 bits per heavy atom. The Bertz CT molecular complexity index is 901. The molecule has 2 aromatic rings. The Morgan fingerprint density at radius 3 is 2.38 bits per heavy atom. The van der Waals surface area contributed by atoms with Crippen LogP contribution in [0.4, 0.5) is 5.69 Å². The minimum absolute atomic E-state index is 0.223. The van der Waals surface area contributed by atoms with Crippen LogP contribution >= 0.6 is 0 Å². The Morgan fingerprint density at radius 2 is 1.69 bits per heavy atom. The molecule has 2 aromatic carbocycles. The van der Waals surface area contributed by atoms with Gasteiger partial charge in [0.1, 0.15) is 0 Å². The lowest BCUT2D eigenvalue weighted by Gasteiger charge is -2.26. The SMILES string of the molecule is Cc1ccc(C(=O)C[C@]2(O)C(=O)N(C[NH+]3CCCCCC3)c3ccccc32)cc1. The summed E-state index contributed by atoms with van der Waals surface area (Å²) in [5, 5.41) is 11.4. The maximum atomic E-state index is 13.4. The number of hydrogen-bond donors (Lipinski definition) is 2. The Balaban J connectivity index is 1.60. The first-order valence-electron chi connectivity index (χ1n) is 10.6. The topological polar surface area (TPSA) is 62.0 Å². The van der Waals surface area contributed by atoms with Crippen LogP contribution in [0.25, 0.3) is 0 Å². The molecule has 0 spiro atoms. The number of anilines is 1. The fourth-order valence-electron chi connectivity index (χ4n) is 4.52. The molecule has 2 heterocycles. The van der Waals surface area contributed by atoms with Gasteiger partial charge in [-0.3, -0.25) is 14.5 Å². The summed E-state index contributed by atoms with van der Waals surface area (Å²) in [7, 11) is 0. The summed E-state index contributed by atoms with van der Waals surface area (Å²) in [6.45, 7) is 4.57. The second-order valence-electron chi connectivity index (χ2n) is 8.40. The van der Waals surface area contributed by atoms with Crippen molar-refractivity contribution in [1.29, 1.82) is 0 Å². The molecular weight excluding hydrogens is 364 g/mol. The highest BCUT2D eigenvalue weighted by Crippen LogP contribution is 2.42. The van der Waals surface area contributed by atoms with Gasteiger partial charge in [0, 0.05) is 11.1 Å². The van der Waals surface area contributed by atoms with E-state index in [9.17, 15) is 14.7 Å². The van der Waals surface area contributed by atoms with Crippen molar-refractivity contribution >= 4 is 17.4 Å². The molecule has 29 heavy (non-hydrogen) atoms. The number of likely N-dealkylation sites (tertiary alicyclic amines) is 1. The third-order valence-electron chi connectivity index (χ3n) is 6.22. The zero-order valence-corrected chi connectivity index (χ0v) is 17.0. The molecule has 2 aliphatic rings. The molecule has 0 aromatic heterocycles. The molecule has 1 atom stereocenters. The van der Waals surface area contributed by atoms with Crippen molar-refractivity contribution in [3.63, 3.8) is 0 Å². The molecule has 152 valence electrons. The number of rotatable bonds is 5. The molecule has 0 saturated carbocycles. The van der Waals surface area contributed by atoms with Gasteiger partial charge in [-0.15, -0.1) is 0 Å². The van der Waals surface area contributed by atoms with Gasteiger partial charge < -0.3 is 10.0 Å². The van der Waals surface area contributed by atoms with Crippen LogP contribution in [0, 0.1) is 6.92 Å². The van der Waals surface area contributed by atoms with Gasteiger partial charge in [-0.25, -0.2) is 0 Å². The number of carbonyl (C=O) groups is 2. The van der Waals surface area contributed by atoms with Gasteiger partial charge in [0.25, 0.3) is 5.91 Å². The summed E-state index contributed by atoms with van der Waals surface area (Å²) in [5.41, 5.74) is 1.05. The number of aliphatic hydroxyl groups is 1. The number of ketones is 1. The molecule has 2 aliphatic heterocycles. The van der Waals surface area contributed by atoms with Gasteiger partial charge >= 0.3 is 0 Å². The number of nitrogens with one attached hydrogen (secondary N) is 1. The van der Waals surface area contributed by atoms with Crippen molar-refractivity contribution in [2.45, 2.75) is 44.6 Å². The highest BCUT2D eigenvalue weighted by molar-refractivity contribution is 6.10. The van der Waals surface area contributed by atoms with Crippen molar-refractivity contribution in [1.82, 2.24) is 0 Å². The van der Waals surface area contributed by atoms with Crippen LogP contribution in [-0.2, 0) is 10.4 Å². The number of amides is 1. The lowest BCUT2D eigenvalue weighted by atomic mass is 9.88. The maximum Gasteiger partial charge on any atom is 0.268 e. The second kappa shape index (κ2) is 8.09. The number of hydrogen-bond acceptors (Lipinski definition) is 3. The number of nitrogens with zero attached hydrogens (tertiary/aromatic N) is 1. The maximum absolute atomic E-state index is 13.4. The smallest absolute Gasteiger partial charge is 0.268 e. The van der Waals surface area contributed by atoms with Crippen molar-refractivity contribution in [3.05, 3.63) is 65.2 Å². The van der Waals surface area contributed by atoms with Crippen LogP contribution in [0.5, 0.6) is 0 Å². The number of benzene rings is 2. The first kappa shape index (κ1) is 19.8. The van der Waals surface area contributed by atoms with Gasteiger partial charge in [-0.2, -0.15) is 0 Å². The summed E-state index contributed by atoms with van der Waals surface area (Å²) in [4.78, 5) is 29.3. The number of fused-ring (bicyclic) bond motifs is 1. The van der Waals surface area contributed by atoms with Crippen molar-refractivity contribution in [2.75, 3.05) is 24.7 Å². The van der Waals surface area contributed by atoms with Gasteiger partial charge in [0.2, 0.25) is 0 Å². The summed E-state index contributed by atoms with van der Waals surface area (Å²) in [6, 6.07) is 14.6. The van der Waals surface area contributed by atoms with E-state index >= 15 is 0 Å². The van der Waals surface area contributed by atoms with Gasteiger partial charge in [0.05, 0.1) is 25.2 Å². The molecule has 0 aliphatic carbocycles. The van der Waals surface area contributed by atoms with Crippen LogP contribution < -0.4 is 9.80 Å². The number of quaternary nitrogens is 1. The van der Waals surface area contributed by atoms with Gasteiger partial charge in [-0.05, 0) is 38.7 Å². The highest BCUT2D eigenvalue weighted by atomic mass is 16.3. The Kier molecular flexibility index (Phi) is 5.52. The molecule has 1 amide bonds. The highest BCUT2D eigenvalue weighted by Gasteiger charge is 2.51. The second-order valence-corrected chi connectivity index (χ2v) is 8.40. The average Bonchev–Trinajstić information content (AvgIpc) is 2.91. The summed E-state index contributed by atoms with van der Waals surface area (Å²) in [5.74, 6) is -0.601. The van der Waals surface area contributed by atoms with E-state index in [-0.39, 0.29) is 18.1 Å². The average molecular weight is 394 g/mol. The third-order valence-corrected chi connectivity index (χ3v) is 6.22. The third kappa shape index (κ3) is 3.85. The summed E-state index contributed by atoms with van der Waals surface area (Å²) < 4.78 is 0. The fourth-order valence-corrected chi connectivity index (χ4v) is 4.52. The quantitative estimate of drug-likeness (QED) is 0.766. The first-order valence-corrected chi connectivity index (χ1v) is 10.6. The summed E-state index contributed by atoms with van der Waals surface area (Å²) >= 11 is 0. The number of aryl methyl sites for hydroxylation is 1. The Hall–Kier alpha value is -2.50. The zero-order chi connectivity index (χ0) is 20.4. The van der Waals surface area contributed by atoms with Crippen molar-refractivity contribution in [3.8, 4) is 0 Å². The van der Waals surface area contributed by atoms with E-state index in [1.54, 1.807) is 23.1 Å². The monoisotopic (exact) mass is 393 g/mol. The Labute approximate surface area is 171 Å². The molecule has 4 rings (SSSR count). The first-order chi connectivity index (χ1) is 14.0. The van der Waals surface area contributed by atoms with Crippen molar-refractivity contribution < 1.29 is 19.6 Å². The largest absolute Gasteiger partial charge is 0.375 e. The molecular formula is C24H29N2O3+. The fraction of sp³-hybridized carbons (Fsp3) is 0.417. The van der Waals surface area contributed by atoms with Crippen LogP contribution in [-0.4, -0.2) is 36.6 Å². The van der Waals surface area contributed by atoms with Crippen molar-refractivity contribution in [2.24, 2.45) is 0 Å². The molecule has 1 fully saturated rings. The number of para-hydroxylation sites is 1. The zero-order valence-electron chi connectivity index (χ0n) is 17.0. The van der Waals surface area contributed by atoms with E-state index < -0.39 is 5.60 Å². The minimum Gasteiger partial charge on any atom is -0.375 e. The molecule has 5 nitrogen and oxygen atoms in total.